The molecule has 2 aliphatic rings. The topological polar surface area (TPSA) is 0 Å². The van der Waals surface area contributed by atoms with Crippen LogP contribution in [0.3, 0.4) is 0 Å². The Kier molecular flexibility index (Phi) is 6.73. The summed E-state index contributed by atoms with van der Waals surface area (Å²) >= 11 is 0. The van der Waals surface area contributed by atoms with Crippen LogP contribution in [0.25, 0.3) is 0 Å². The SMILES string of the molecule is C=CCC(C=C(CC1=CC2=C(CCCC2)C1)C(C)CC)CC. The van der Waals surface area contributed by atoms with Crippen molar-refractivity contribution >= 4 is 0 Å². The minimum atomic E-state index is 0.672. The van der Waals surface area contributed by atoms with E-state index in [1.165, 1.54) is 51.4 Å². The Morgan fingerprint density at radius 3 is 2.64 bits per heavy atom. The number of allylic oxidation sites excluding steroid dienone is 7. The van der Waals surface area contributed by atoms with E-state index in [9.17, 15) is 0 Å². The number of rotatable bonds is 8. The molecular weight excluding hydrogens is 264 g/mol. The Morgan fingerprint density at radius 1 is 1.23 bits per heavy atom. The highest BCUT2D eigenvalue weighted by molar-refractivity contribution is 5.42. The highest BCUT2D eigenvalue weighted by Crippen LogP contribution is 2.39. The van der Waals surface area contributed by atoms with Crippen LogP contribution in [0, 0.1) is 11.8 Å². The summed E-state index contributed by atoms with van der Waals surface area (Å²) in [5, 5.41) is 0. The van der Waals surface area contributed by atoms with Gasteiger partial charge in [0.05, 0.1) is 0 Å². The maximum atomic E-state index is 3.93. The molecule has 122 valence electrons. The Morgan fingerprint density at radius 2 is 2.00 bits per heavy atom. The summed E-state index contributed by atoms with van der Waals surface area (Å²) in [5.41, 5.74) is 6.78. The lowest BCUT2D eigenvalue weighted by atomic mass is 9.87. The van der Waals surface area contributed by atoms with Crippen molar-refractivity contribution in [2.75, 3.05) is 0 Å². The number of hydrogen-bond acceptors (Lipinski definition) is 0. The second-order valence-electron chi connectivity index (χ2n) is 7.24. The molecule has 2 atom stereocenters. The van der Waals surface area contributed by atoms with E-state index in [1.807, 2.05) is 0 Å². The van der Waals surface area contributed by atoms with Crippen molar-refractivity contribution in [2.45, 2.75) is 78.6 Å². The third-order valence-electron chi connectivity index (χ3n) is 5.57. The lowest BCUT2D eigenvalue weighted by molar-refractivity contribution is 0.588. The average molecular weight is 299 g/mol. The van der Waals surface area contributed by atoms with Gasteiger partial charge in [0, 0.05) is 0 Å². The summed E-state index contributed by atoms with van der Waals surface area (Å²) in [5.74, 6) is 1.38. The minimum Gasteiger partial charge on any atom is -0.103 e. The Hall–Kier alpha value is -1.04. The van der Waals surface area contributed by atoms with E-state index in [-0.39, 0.29) is 0 Å². The standard InChI is InChI=1S/C22H34/c1-5-10-18(7-3)13-22(17(4)6-2)16-19-14-20-11-8-9-12-21(20)15-19/h5,13-14,17-18H,1,6-12,15-16H2,2-4H3. The second-order valence-corrected chi connectivity index (χ2v) is 7.24. The summed E-state index contributed by atoms with van der Waals surface area (Å²) in [6.07, 6.45) is 18.7. The van der Waals surface area contributed by atoms with E-state index >= 15 is 0 Å². The van der Waals surface area contributed by atoms with Gasteiger partial charge in [0.15, 0.2) is 0 Å². The quantitative estimate of drug-likeness (QED) is 0.417. The molecule has 2 aliphatic carbocycles. The molecule has 0 saturated heterocycles. The molecule has 0 aliphatic heterocycles. The van der Waals surface area contributed by atoms with Crippen LogP contribution >= 0.6 is 0 Å². The van der Waals surface area contributed by atoms with E-state index in [0.717, 1.165) is 6.42 Å². The molecule has 0 nitrogen and oxygen atoms in total. The van der Waals surface area contributed by atoms with Crippen molar-refractivity contribution < 1.29 is 0 Å². The van der Waals surface area contributed by atoms with Gasteiger partial charge in [-0.15, -0.1) is 6.58 Å². The van der Waals surface area contributed by atoms with Gasteiger partial charge in [0.2, 0.25) is 0 Å². The van der Waals surface area contributed by atoms with E-state index < -0.39 is 0 Å². The predicted molar refractivity (Wildman–Crippen MR) is 98.9 cm³/mol. The van der Waals surface area contributed by atoms with Crippen LogP contribution in [0.5, 0.6) is 0 Å². The van der Waals surface area contributed by atoms with E-state index in [4.69, 9.17) is 0 Å². The zero-order chi connectivity index (χ0) is 15.9. The normalized spacial score (nSPS) is 21.4. The average Bonchev–Trinajstić information content (AvgIpc) is 2.95. The summed E-state index contributed by atoms with van der Waals surface area (Å²) in [7, 11) is 0. The first-order valence-electron chi connectivity index (χ1n) is 9.39. The molecule has 0 N–H and O–H groups in total. The maximum Gasteiger partial charge on any atom is -0.00962 e. The zero-order valence-corrected chi connectivity index (χ0v) is 15.0. The predicted octanol–water partition coefficient (Wildman–Crippen LogP) is 7.15. The first kappa shape index (κ1) is 17.3. The van der Waals surface area contributed by atoms with Crippen LogP contribution < -0.4 is 0 Å². The van der Waals surface area contributed by atoms with Crippen molar-refractivity contribution in [3.8, 4) is 0 Å². The Bertz CT molecular complexity index is 472. The Labute approximate surface area is 138 Å². The van der Waals surface area contributed by atoms with Gasteiger partial charge < -0.3 is 0 Å². The van der Waals surface area contributed by atoms with Crippen LogP contribution in [0.2, 0.25) is 0 Å². The second kappa shape index (κ2) is 8.56. The van der Waals surface area contributed by atoms with Gasteiger partial charge in [-0.25, -0.2) is 0 Å². The number of hydrogen-bond donors (Lipinski definition) is 0. The van der Waals surface area contributed by atoms with Crippen LogP contribution in [0.15, 0.2) is 47.1 Å². The molecule has 0 aromatic carbocycles. The fourth-order valence-electron chi connectivity index (χ4n) is 3.84. The highest BCUT2D eigenvalue weighted by atomic mass is 14.3. The van der Waals surface area contributed by atoms with Gasteiger partial charge in [0.1, 0.15) is 0 Å². The molecule has 2 unspecified atom stereocenters. The molecule has 2 rings (SSSR count). The lowest BCUT2D eigenvalue weighted by Crippen LogP contribution is -2.04. The molecule has 0 amide bonds. The third-order valence-corrected chi connectivity index (χ3v) is 5.57. The minimum absolute atomic E-state index is 0.672. The summed E-state index contributed by atoms with van der Waals surface area (Å²) in [6.45, 7) is 10.9. The van der Waals surface area contributed by atoms with E-state index in [2.05, 4.69) is 45.6 Å². The zero-order valence-electron chi connectivity index (χ0n) is 15.0. The molecule has 0 heteroatoms. The maximum absolute atomic E-state index is 3.93. The molecule has 0 radical (unpaired) electrons. The smallest absolute Gasteiger partial charge is 0.00962 e. The van der Waals surface area contributed by atoms with Crippen LogP contribution in [0.4, 0.5) is 0 Å². The summed E-state index contributed by atoms with van der Waals surface area (Å²) < 4.78 is 0. The molecular formula is C22H34. The fraction of sp³-hybridized carbons (Fsp3) is 0.636. The van der Waals surface area contributed by atoms with Crippen LogP contribution in [-0.2, 0) is 0 Å². The van der Waals surface area contributed by atoms with Crippen molar-refractivity contribution in [1.82, 2.24) is 0 Å². The third kappa shape index (κ3) is 4.48. The molecule has 22 heavy (non-hydrogen) atoms. The van der Waals surface area contributed by atoms with Crippen molar-refractivity contribution in [3.63, 3.8) is 0 Å². The van der Waals surface area contributed by atoms with Crippen molar-refractivity contribution in [3.05, 3.63) is 47.1 Å². The fourth-order valence-corrected chi connectivity index (χ4v) is 3.84. The van der Waals surface area contributed by atoms with Gasteiger partial charge in [0.25, 0.3) is 0 Å². The molecule has 0 aromatic rings. The van der Waals surface area contributed by atoms with Crippen molar-refractivity contribution in [1.29, 1.82) is 0 Å². The molecule has 0 spiro atoms. The van der Waals surface area contributed by atoms with E-state index in [1.54, 1.807) is 22.3 Å². The van der Waals surface area contributed by atoms with Gasteiger partial charge in [-0.05, 0) is 75.2 Å². The first-order chi connectivity index (χ1) is 10.7. The van der Waals surface area contributed by atoms with E-state index in [0.29, 0.717) is 11.8 Å². The van der Waals surface area contributed by atoms with Gasteiger partial charge in [-0.1, -0.05) is 55.7 Å². The molecule has 0 fully saturated rings. The van der Waals surface area contributed by atoms with Gasteiger partial charge >= 0.3 is 0 Å². The Balaban J connectivity index is 2.08. The van der Waals surface area contributed by atoms with Gasteiger partial charge in [-0.2, -0.15) is 0 Å². The summed E-state index contributed by atoms with van der Waals surface area (Å²) in [4.78, 5) is 0. The molecule has 0 heterocycles. The largest absolute Gasteiger partial charge is 0.103 e. The van der Waals surface area contributed by atoms with Gasteiger partial charge in [-0.3, -0.25) is 0 Å². The molecule has 0 bridgehead atoms. The highest BCUT2D eigenvalue weighted by Gasteiger charge is 2.20. The lowest BCUT2D eigenvalue weighted by Gasteiger charge is -2.19. The molecule has 0 aromatic heterocycles. The molecule has 0 saturated carbocycles. The monoisotopic (exact) mass is 298 g/mol. The van der Waals surface area contributed by atoms with Crippen molar-refractivity contribution in [2.24, 2.45) is 11.8 Å². The first-order valence-corrected chi connectivity index (χ1v) is 9.39. The van der Waals surface area contributed by atoms with Crippen LogP contribution in [-0.4, -0.2) is 0 Å². The summed E-state index contributed by atoms with van der Waals surface area (Å²) in [6, 6.07) is 0. The van der Waals surface area contributed by atoms with Crippen LogP contribution in [0.1, 0.15) is 78.6 Å².